The van der Waals surface area contributed by atoms with Crippen LogP contribution in [0, 0.1) is 10.1 Å². The first-order valence-electron chi connectivity index (χ1n) is 8.75. The van der Waals surface area contributed by atoms with Gasteiger partial charge in [0.25, 0.3) is 11.6 Å². The molecule has 11 nitrogen and oxygen atoms in total. The second-order valence-electron chi connectivity index (χ2n) is 6.10. The van der Waals surface area contributed by atoms with E-state index in [0.29, 0.717) is 12.0 Å². The Morgan fingerprint density at radius 3 is 2.33 bits per heavy atom. The topological polar surface area (TPSA) is 168 Å². The zero-order valence-electron chi connectivity index (χ0n) is 15.8. The quantitative estimate of drug-likeness (QED) is 0.257. The molecule has 0 aliphatic carbocycles. The van der Waals surface area contributed by atoms with Gasteiger partial charge in [0, 0.05) is 12.1 Å². The van der Waals surface area contributed by atoms with E-state index in [1.807, 2.05) is 0 Å². The zero-order chi connectivity index (χ0) is 22.3. The number of benzene rings is 2. The number of carboxylic acid groups (broad SMARTS) is 2. The maximum Gasteiger partial charge on any atom is 0.336 e. The number of hydrogen-bond donors (Lipinski definition) is 4. The van der Waals surface area contributed by atoms with E-state index >= 15 is 0 Å². The summed E-state index contributed by atoms with van der Waals surface area (Å²) in [5.41, 5.74) is 1.88. The summed E-state index contributed by atoms with van der Waals surface area (Å²) in [4.78, 5) is 50.4. The van der Waals surface area contributed by atoms with E-state index < -0.39 is 40.2 Å². The molecule has 0 fully saturated rings. The molecule has 0 aliphatic rings. The van der Waals surface area contributed by atoms with Gasteiger partial charge in [-0.2, -0.15) is 5.48 Å². The van der Waals surface area contributed by atoms with E-state index in [0.717, 1.165) is 18.2 Å². The van der Waals surface area contributed by atoms with Crippen molar-refractivity contribution in [3.05, 3.63) is 74.8 Å². The molecule has 0 bridgehead atoms. The van der Waals surface area contributed by atoms with Crippen molar-refractivity contribution < 1.29 is 34.4 Å². The lowest BCUT2D eigenvalue weighted by Crippen LogP contribution is -2.45. The molecular formula is C19H19N3O8. The van der Waals surface area contributed by atoms with Crippen molar-refractivity contribution in [1.29, 1.82) is 0 Å². The number of nitro benzene ring substituents is 1. The van der Waals surface area contributed by atoms with Gasteiger partial charge in [-0.1, -0.05) is 25.1 Å². The number of non-ortho nitro benzene ring substituents is 1. The fraction of sp³-hybridized carbons (Fsp3) is 0.211. The largest absolute Gasteiger partial charge is 0.478 e. The summed E-state index contributed by atoms with van der Waals surface area (Å²) in [6.45, 7) is 1.63. The lowest BCUT2D eigenvalue weighted by Gasteiger charge is -2.19. The summed E-state index contributed by atoms with van der Waals surface area (Å²) in [5, 5.41) is 31.8. The van der Waals surface area contributed by atoms with Crippen molar-refractivity contribution in [2.75, 3.05) is 0 Å². The van der Waals surface area contributed by atoms with E-state index in [1.54, 1.807) is 25.1 Å². The Hall–Kier alpha value is -3.83. The van der Waals surface area contributed by atoms with Crippen LogP contribution in [0.2, 0.25) is 0 Å². The third-order valence-electron chi connectivity index (χ3n) is 4.10. The molecule has 0 saturated heterocycles. The van der Waals surface area contributed by atoms with Crippen LogP contribution in [0.4, 0.5) is 5.69 Å². The van der Waals surface area contributed by atoms with Gasteiger partial charge in [-0.05, 0) is 24.1 Å². The van der Waals surface area contributed by atoms with Crippen LogP contribution < -0.4 is 10.8 Å². The number of nitrogens with one attached hydrogen (secondary N) is 2. The molecular weight excluding hydrogens is 398 g/mol. The number of rotatable bonds is 10. The molecule has 2 rings (SSSR count). The fourth-order valence-electron chi connectivity index (χ4n) is 2.55. The molecule has 1 atom stereocenters. The molecule has 0 radical (unpaired) electrons. The lowest BCUT2D eigenvalue weighted by atomic mass is 10.1. The molecule has 2 aromatic rings. The Kier molecular flexibility index (Phi) is 7.56. The van der Waals surface area contributed by atoms with Crippen LogP contribution in [0.1, 0.15) is 50.0 Å². The summed E-state index contributed by atoms with van der Waals surface area (Å²) < 4.78 is 0. The van der Waals surface area contributed by atoms with Crippen molar-refractivity contribution >= 4 is 23.5 Å². The highest BCUT2D eigenvalue weighted by Gasteiger charge is 2.22. The summed E-state index contributed by atoms with van der Waals surface area (Å²) in [7, 11) is 0. The minimum absolute atomic E-state index is 0.0772. The molecule has 0 spiro atoms. The van der Waals surface area contributed by atoms with Crippen LogP contribution in [0.15, 0.2) is 42.5 Å². The number of nitrogens with zero attached hydrogens (tertiary/aromatic N) is 1. The van der Waals surface area contributed by atoms with Crippen molar-refractivity contribution in [2.24, 2.45) is 0 Å². The van der Waals surface area contributed by atoms with Crippen molar-refractivity contribution in [1.82, 2.24) is 10.8 Å². The van der Waals surface area contributed by atoms with E-state index in [1.165, 1.54) is 6.07 Å². The van der Waals surface area contributed by atoms with Crippen LogP contribution >= 0.6 is 0 Å². The maximum atomic E-state index is 12.5. The molecule has 4 N–H and O–H groups in total. The Labute approximate surface area is 170 Å². The highest BCUT2D eigenvalue weighted by molar-refractivity contribution is 6.05. The molecule has 30 heavy (non-hydrogen) atoms. The van der Waals surface area contributed by atoms with Crippen LogP contribution in [0.25, 0.3) is 0 Å². The summed E-state index contributed by atoms with van der Waals surface area (Å²) in [6.07, 6.45) is -0.381. The van der Waals surface area contributed by atoms with Crippen molar-refractivity contribution in [3.63, 3.8) is 0 Å². The number of carbonyl (C=O) groups is 3. The molecule has 1 unspecified atom stereocenters. The average molecular weight is 417 g/mol. The van der Waals surface area contributed by atoms with Gasteiger partial charge in [0.2, 0.25) is 0 Å². The Morgan fingerprint density at radius 2 is 1.73 bits per heavy atom. The molecule has 0 aromatic heterocycles. The second kappa shape index (κ2) is 10.1. The first-order chi connectivity index (χ1) is 14.2. The number of nitro groups is 1. The molecule has 11 heteroatoms. The summed E-state index contributed by atoms with van der Waals surface area (Å²) >= 11 is 0. The molecule has 0 aliphatic heterocycles. The van der Waals surface area contributed by atoms with Gasteiger partial charge < -0.3 is 15.5 Å². The Balaban J connectivity index is 2.06. The zero-order valence-corrected chi connectivity index (χ0v) is 15.8. The van der Waals surface area contributed by atoms with Crippen LogP contribution in [-0.2, 0) is 11.4 Å². The number of aromatic carboxylic acids is 2. The van der Waals surface area contributed by atoms with Gasteiger partial charge in [-0.25, -0.2) is 9.59 Å². The molecule has 0 heterocycles. The predicted molar refractivity (Wildman–Crippen MR) is 103 cm³/mol. The van der Waals surface area contributed by atoms with E-state index in [-0.39, 0.29) is 17.7 Å². The number of hydroxylamine groups is 1. The average Bonchev–Trinajstić information content (AvgIpc) is 2.72. The highest BCUT2D eigenvalue weighted by atomic mass is 16.6. The second-order valence-corrected chi connectivity index (χ2v) is 6.10. The predicted octanol–water partition coefficient (Wildman–Crippen LogP) is 2.18. The monoisotopic (exact) mass is 417 g/mol. The van der Waals surface area contributed by atoms with Gasteiger partial charge in [0.05, 0.1) is 28.2 Å². The van der Waals surface area contributed by atoms with Gasteiger partial charge >= 0.3 is 11.9 Å². The van der Waals surface area contributed by atoms with Gasteiger partial charge in [0.1, 0.15) is 6.17 Å². The van der Waals surface area contributed by atoms with Gasteiger partial charge in [-0.15, -0.1) is 0 Å². The Bertz CT molecular complexity index is 976. The Morgan fingerprint density at radius 1 is 1.07 bits per heavy atom. The molecule has 0 saturated carbocycles. The molecule has 2 aromatic carbocycles. The molecule has 1 amide bonds. The van der Waals surface area contributed by atoms with E-state index in [4.69, 9.17) is 9.94 Å². The number of amides is 1. The first kappa shape index (κ1) is 22.5. The third-order valence-corrected chi connectivity index (χ3v) is 4.10. The smallest absolute Gasteiger partial charge is 0.336 e. The fourth-order valence-corrected chi connectivity index (χ4v) is 2.55. The normalized spacial score (nSPS) is 11.5. The summed E-state index contributed by atoms with van der Waals surface area (Å²) in [6, 6.07) is 9.17. The van der Waals surface area contributed by atoms with Gasteiger partial charge in [-0.3, -0.25) is 19.7 Å². The number of hydrogen-bond acceptors (Lipinski definition) is 7. The SMILES string of the molecule is CCC(NOCc1ccccc1C(=O)O)NC(=O)c1ccc([N+](=O)[O-])cc1C(=O)O. The van der Waals surface area contributed by atoms with E-state index in [9.17, 15) is 29.6 Å². The van der Waals surface area contributed by atoms with E-state index in [2.05, 4.69) is 10.8 Å². The van der Waals surface area contributed by atoms with Crippen molar-refractivity contribution in [2.45, 2.75) is 26.1 Å². The minimum Gasteiger partial charge on any atom is -0.478 e. The van der Waals surface area contributed by atoms with Crippen molar-refractivity contribution in [3.8, 4) is 0 Å². The van der Waals surface area contributed by atoms with Crippen LogP contribution in [0.3, 0.4) is 0 Å². The number of carboxylic acids is 2. The molecule has 158 valence electrons. The maximum absolute atomic E-state index is 12.5. The standard InChI is InChI=1S/C19H19N3O8/c1-2-16(21-30-10-11-5-3-4-6-13(11)18(24)25)20-17(23)14-8-7-12(22(28)29)9-15(14)19(26)27/h3-9,16,21H,2,10H2,1H3,(H,20,23)(H,24,25)(H,26,27). The lowest BCUT2D eigenvalue weighted by molar-refractivity contribution is -0.384. The summed E-state index contributed by atoms with van der Waals surface area (Å²) in [5.74, 6) is -3.35. The van der Waals surface area contributed by atoms with Gasteiger partial charge in [0.15, 0.2) is 0 Å². The third kappa shape index (κ3) is 5.59. The van der Waals surface area contributed by atoms with Crippen LogP contribution in [-0.4, -0.2) is 39.1 Å². The first-order valence-corrected chi connectivity index (χ1v) is 8.75. The minimum atomic E-state index is -1.48. The highest BCUT2D eigenvalue weighted by Crippen LogP contribution is 2.18. The number of carbonyl (C=O) groups excluding carboxylic acids is 1. The van der Waals surface area contributed by atoms with Crippen LogP contribution in [0.5, 0.6) is 0 Å².